The first-order chi connectivity index (χ1) is 12.3. The summed E-state index contributed by atoms with van der Waals surface area (Å²) in [6, 6.07) is 4.92. The molecule has 1 aromatic rings. The normalized spacial score (nSPS) is 18.9. The molecule has 2 atom stereocenters. The fourth-order valence-corrected chi connectivity index (χ4v) is 2.59. The summed E-state index contributed by atoms with van der Waals surface area (Å²) in [6.45, 7) is 2.73. The summed E-state index contributed by atoms with van der Waals surface area (Å²) in [5.41, 5.74) is 5.86. The Balaban J connectivity index is 0.000000765. The van der Waals surface area contributed by atoms with E-state index in [0.29, 0.717) is 36.0 Å². The number of hydrogen-bond acceptors (Lipinski definition) is 6. The second kappa shape index (κ2) is 11.0. The number of β-amino-alcohol motifs (C(OH)–C–C–N with tert-alkyl or cyclic N) is 1. The number of aliphatic carboxylic acids is 1. The number of likely N-dealkylation sites (tertiary alicyclic amines) is 1. The van der Waals surface area contributed by atoms with Crippen molar-refractivity contribution >= 4 is 23.5 Å². The van der Waals surface area contributed by atoms with Crippen molar-refractivity contribution in [2.75, 3.05) is 33.4 Å². The molecule has 0 saturated carbocycles. The molecule has 8 nitrogen and oxygen atoms in total. The molecule has 0 aliphatic carbocycles. The van der Waals surface area contributed by atoms with Crippen LogP contribution in [-0.2, 0) is 9.53 Å². The highest BCUT2D eigenvalue weighted by atomic mass is 35.5. The number of nitrogens with two attached hydrogens (primary N) is 1. The molecule has 146 valence electrons. The van der Waals surface area contributed by atoms with Crippen molar-refractivity contribution in [3.63, 3.8) is 0 Å². The lowest BCUT2D eigenvalue weighted by Crippen LogP contribution is -2.30. The molecule has 0 bridgehead atoms. The number of halogens is 1. The minimum Gasteiger partial charge on any atom is -0.492 e. The number of aliphatic hydroxyl groups excluding tert-OH is 1. The van der Waals surface area contributed by atoms with Crippen molar-refractivity contribution in [2.45, 2.75) is 25.6 Å². The number of carbonyl (C=O) groups is 2. The molecule has 1 amide bonds. The van der Waals surface area contributed by atoms with Crippen molar-refractivity contribution in [1.29, 1.82) is 0 Å². The van der Waals surface area contributed by atoms with Gasteiger partial charge in [0.15, 0.2) is 0 Å². The molecule has 1 saturated heterocycles. The van der Waals surface area contributed by atoms with Crippen LogP contribution in [0.15, 0.2) is 18.2 Å². The Labute approximate surface area is 157 Å². The van der Waals surface area contributed by atoms with Crippen molar-refractivity contribution in [2.24, 2.45) is 5.73 Å². The summed E-state index contributed by atoms with van der Waals surface area (Å²) in [7, 11) is 1.52. The van der Waals surface area contributed by atoms with Crippen LogP contribution >= 0.6 is 11.6 Å². The third kappa shape index (κ3) is 6.80. The lowest BCUT2D eigenvalue weighted by atomic mass is 10.2. The van der Waals surface area contributed by atoms with Crippen molar-refractivity contribution in [1.82, 2.24) is 4.90 Å². The fourth-order valence-electron chi connectivity index (χ4n) is 2.35. The molecule has 1 aliphatic heterocycles. The number of carboxylic acid groups (broad SMARTS) is 1. The maximum absolute atomic E-state index is 12.4. The van der Waals surface area contributed by atoms with E-state index in [2.05, 4.69) is 0 Å². The Morgan fingerprint density at radius 2 is 2.04 bits per heavy atom. The molecule has 1 heterocycles. The molecule has 1 aliphatic rings. The van der Waals surface area contributed by atoms with E-state index < -0.39 is 12.1 Å². The summed E-state index contributed by atoms with van der Waals surface area (Å²) in [4.78, 5) is 23.0. The zero-order chi connectivity index (χ0) is 19.7. The average Bonchev–Trinajstić information content (AvgIpc) is 2.96. The van der Waals surface area contributed by atoms with Gasteiger partial charge in [0.2, 0.25) is 0 Å². The number of methoxy groups -OCH3 is 1. The highest BCUT2D eigenvalue weighted by Gasteiger charge is 2.34. The predicted molar refractivity (Wildman–Crippen MR) is 96.6 cm³/mol. The largest absolute Gasteiger partial charge is 0.492 e. The molecule has 26 heavy (non-hydrogen) atoms. The molecule has 0 aromatic heterocycles. The zero-order valence-corrected chi connectivity index (χ0v) is 15.6. The lowest BCUT2D eigenvalue weighted by Gasteiger charge is -2.16. The van der Waals surface area contributed by atoms with Gasteiger partial charge in [-0.2, -0.15) is 0 Å². The maximum atomic E-state index is 12.4. The Bertz CT molecular complexity index is 609. The van der Waals surface area contributed by atoms with Gasteiger partial charge < -0.3 is 30.3 Å². The van der Waals surface area contributed by atoms with Crippen molar-refractivity contribution in [3.05, 3.63) is 28.8 Å². The topological polar surface area (TPSA) is 122 Å². The number of nitrogens with zero attached hydrogens (tertiary/aromatic N) is 1. The molecule has 9 heteroatoms. The number of carboxylic acids is 1. The maximum Gasteiger partial charge on any atom is 0.300 e. The minimum absolute atomic E-state index is 0.186. The van der Waals surface area contributed by atoms with E-state index in [1.807, 2.05) is 0 Å². The van der Waals surface area contributed by atoms with Crippen LogP contribution in [0, 0.1) is 0 Å². The Morgan fingerprint density at radius 3 is 2.54 bits per heavy atom. The van der Waals surface area contributed by atoms with Crippen LogP contribution in [0.2, 0.25) is 5.02 Å². The summed E-state index contributed by atoms with van der Waals surface area (Å²) < 4.78 is 10.6. The quantitative estimate of drug-likeness (QED) is 0.621. The number of carbonyl (C=O) groups excluding carboxylic acids is 1. The van der Waals surface area contributed by atoms with E-state index in [9.17, 15) is 9.90 Å². The van der Waals surface area contributed by atoms with Gasteiger partial charge in [0.1, 0.15) is 11.9 Å². The van der Waals surface area contributed by atoms with Gasteiger partial charge in [-0.15, -0.1) is 0 Å². The average molecular weight is 389 g/mol. The molecule has 1 aromatic carbocycles. The molecule has 0 unspecified atom stereocenters. The van der Waals surface area contributed by atoms with Gasteiger partial charge in [-0.25, -0.2) is 0 Å². The van der Waals surface area contributed by atoms with Gasteiger partial charge in [-0.3, -0.25) is 9.59 Å². The molecule has 0 radical (unpaired) electrons. The zero-order valence-electron chi connectivity index (χ0n) is 14.9. The van der Waals surface area contributed by atoms with Gasteiger partial charge in [0.05, 0.1) is 17.7 Å². The van der Waals surface area contributed by atoms with Crippen molar-refractivity contribution in [3.8, 4) is 5.75 Å². The van der Waals surface area contributed by atoms with Crippen LogP contribution in [0.3, 0.4) is 0 Å². The number of ether oxygens (including phenoxy) is 2. The Hall–Kier alpha value is -1.87. The van der Waals surface area contributed by atoms with E-state index in [1.165, 1.54) is 7.11 Å². The molecule has 4 N–H and O–H groups in total. The van der Waals surface area contributed by atoms with E-state index >= 15 is 0 Å². The smallest absolute Gasteiger partial charge is 0.300 e. The van der Waals surface area contributed by atoms with E-state index in [4.69, 9.17) is 36.7 Å². The minimum atomic E-state index is -0.833. The summed E-state index contributed by atoms with van der Waals surface area (Å²) in [5.74, 6) is -0.489. The van der Waals surface area contributed by atoms with Gasteiger partial charge >= 0.3 is 0 Å². The van der Waals surface area contributed by atoms with E-state index in [-0.39, 0.29) is 18.6 Å². The molecular weight excluding hydrogens is 364 g/mol. The third-order valence-electron chi connectivity index (χ3n) is 3.61. The summed E-state index contributed by atoms with van der Waals surface area (Å²) >= 11 is 6.14. The standard InChI is InChI=1S/C15H21ClN2O4.C2H4O2/c1-21-14-9-18(8-12(14)19)15(20)10-3-4-13(11(16)7-10)22-6-2-5-17;1-2(3)4/h3-4,7,12,14,19H,2,5-6,8-9,17H2,1H3;1H3,(H,3,4)/t12-,14-;/m0./s1. The van der Waals surface area contributed by atoms with E-state index in [1.54, 1.807) is 23.1 Å². The van der Waals surface area contributed by atoms with Gasteiger partial charge in [0, 0.05) is 32.7 Å². The van der Waals surface area contributed by atoms with Gasteiger partial charge in [-0.1, -0.05) is 11.6 Å². The molecule has 2 rings (SSSR count). The number of amides is 1. The summed E-state index contributed by atoms with van der Waals surface area (Å²) in [5, 5.41) is 17.6. The SMILES string of the molecule is CC(=O)O.CO[C@H]1CN(C(=O)c2ccc(OCCCN)c(Cl)c2)C[C@@H]1O. The number of hydrogen-bond donors (Lipinski definition) is 3. The first-order valence-corrected chi connectivity index (χ1v) is 8.50. The van der Waals surface area contributed by atoms with Crippen LogP contribution in [0.5, 0.6) is 5.75 Å². The van der Waals surface area contributed by atoms with Crippen LogP contribution in [-0.4, -0.2) is 72.5 Å². The van der Waals surface area contributed by atoms with Gasteiger partial charge in [-0.05, 0) is 31.2 Å². The molecular formula is C17H25ClN2O6. The second-order valence-electron chi connectivity index (χ2n) is 5.71. The Kier molecular flexibility index (Phi) is 9.36. The van der Waals surface area contributed by atoms with Crippen LogP contribution < -0.4 is 10.5 Å². The highest BCUT2D eigenvalue weighted by Crippen LogP contribution is 2.27. The number of rotatable bonds is 6. The van der Waals surface area contributed by atoms with E-state index in [0.717, 1.165) is 13.3 Å². The van der Waals surface area contributed by atoms with Crippen LogP contribution in [0.1, 0.15) is 23.7 Å². The lowest BCUT2D eigenvalue weighted by molar-refractivity contribution is -0.134. The van der Waals surface area contributed by atoms with Crippen molar-refractivity contribution < 1.29 is 29.3 Å². The monoisotopic (exact) mass is 388 g/mol. The van der Waals surface area contributed by atoms with Gasteiger partial charge in [0.25, 0.3) is 11.9 Å². The number of benzene rings is 1. The Morgan fingerprint density at radius 1 is 1.38 bits per heavy atom. The molecule has 0 spiro atoms. The van der Waals surface area contributed by atoms with Crippen LogP contribution in [0.4, 0.5) is 0 Å². The summed E-state index contributed by atoms with van der Waals surface area (Å²) in [6.07, 6.45) is -0.275. The molecule has 1 fully saturated rings. The first kappa shape index (κ1) is 22.2. The van der Waals surface area contributed by atoms with Crippen LogP contribution in [0.25, 0.3) is 0 Å². The fraction of sp³-hybridized carbons (Fsp3) is 0.529. The third-order valence-corrected chi connectivity index (χ3v) is 3.91. The first-order valence-electron chi connectivity index (χ1n) is 8.12. The highest BCUT2D eigenvalue weighted by molar-refractivity contribution is 6.32. The number of aliphatic hydroxyl groups is 1. The second-order valence-corrected chi connectivity index (χ2v) is 6.11. The predicted octanol–water partition coefficient (Wildman–Crippen LogP) is 0.990.